The highest BCUT2D eigenvalue weighted by molar-refractivity contribution is 5.82. The Bertz CT molecular complexity index is 276. The van der Waals surface area contributed by atoms with E-state index < -0.39 is 0 Å². The molecule has 0 aromatic heterocycles. The smallest absolute Gasteiger partial charge is 0.225 e. The van der Waals surface area contributed by atoms with Crippen LogP contribution in [0, 0.1) is 0 Å². The lowest BCUT2D eigenvalue weighted by molar-refractivity contribution is -0.130. The summed E-state index contributed by atoms with van der Waals surface area (Å²) in [5.41, 5.74) is 0. The molecular formula is C10H17N3O2. The average Bonchev–Trinajstić information content (AvgIpc) is 2.44. The molecule has 2 N–H and O–H groups in total. The highest BCUT2D eigenvalue weighted by atomic mass is 16.2. The lowest BCUT2D eigenvalue weighted by Gasteiger charge is -2.35. The first-order valence-corrected chi connectivity index (χ1v) is 5.50. The van der Waals surface area contributed by atoms with Crippen LogP contribution in [0.25, 0.3) is 0 Å². The van der Waals surface area contributed by atoms with E-state index in [1.807, 2.05) is 11.8 Å². The molecule has 5 nitrogen and oxygen atoms in total. The third kappa shape index (κ3) is 2.12. The second-order valence-electron chi connectivity index (χ2n) is 4.18. The minimum absolute atomic E-state index is 0.0190. The SMILES string of the molecule is CCC(=O)NC1CC(=O)N(C2CNC2)C1. The van der Waals surface area contributed by atoms with Crippen LogP contribution in [0.3, 0.4) is 0 Å². The topological polar surface area (TPSA) is 61.4 Å². The van der Waals surface area contributed by atoms with E-state index >= 15 is 0 Å². The second-order valence-corrected chi connectivity index (χ2v) is 4.18. The summed E-state index contributed by atoms with van der Waals surface area (Å²) < 4.78 is 0. The van der Waals surface area contributed by atoms with Gasteiger partial charge in [0, 0.05) is 32.5 Å². The Morgan fingerprint density at radius 2 is 2.33 bits per heavy atom. The highest BCUT2D eigenvalue weighted by Gasteiger charge is 2.36. The fraction of sp³-hybridized carbons (Fsp3) is 0.800. The van der Waals surface area contributed by atoms with Gasteiger partial charge >= 0.3 is 0 Å². The van der Waals surface area contributed by atoms with Gasteiger partial charge in [-0.3, -0.25) is 9.59 Å². The summed E-state index contributed by atoms with van der Waals surface area (Å²) in [6.45, 7) is 4.27. The number of rotatable bonds is 3. The fourth-order valence-corrected chi connectivity index (χ4v) is 2.00. The molecule has 2 fully saturated rings. The monoisotopic (exact) mass is 211 g/mol. The van der Waals surface area contributed by atoms with Crippen molar-refractivity contribution >= 4 is 11.8 Å². The van der Waals surface area contributed by atoms with Crippen molar-refractivity contribution in [2.75, 3.05) is 19.6 Å². The van der Waals surface area contributed by atoms with E-state index in [4.69, 9.17) is 0 Å². The van der Waals surface area contributed by atoms with Crippen molar-refractivity contribution in [3.63, 3.8) is 0 Å². The summed E-state index contributed by atoms with van der Waals surface area (Å²) in [7, 11) is 0. The van der Waals surface area contributed by atoms with Gasteiger partial charge in [0.05, 0.1) is 12.1 Å². The van der Waals surface area contributed by atoms with Gasteiger partial charge in [0.25, 0.3) is 0 Å². The standard InChI is InChI=1S/C10H17N3O2/c1-2-9(14)12-7-3-10(15)13(6-7)8-4-11-5-8/h7-8,11H,2-6H2,1H3,(H,12,14). The Hall–Kier alpha value is -1.10. The minimum atomic E-state index is 0.0190. The van der Waals surface area contributed by atoms with E-state index in [9.17, 15) is 9.59 Å². The molecule has 0 aromatic carbocycles. The first-order valence-electron chi connectivity index (χ1n) is 5.50. The highest BCUT2D eigenvalue weighted by Crippen LogP contribution is 2.16. The molecular weight excluding hydrogens is 194 g/mol. The van der Waals surface area contributed by atoms with Crippen molar-refractivity contribution in [2.24, 2.45) is 0 Å². The molecule has 0 bridgehead atoms. The van der Waals surface area contributed by atoms with Crippen molar-refractivity contribution in [3.8, 4) is 0 Å². The zero-order valence-corrected chi connectivity index (χ0v) is 8.95. The molecule has 5 heteroatoms. The number of nitrogens with zero attached hydrogens (tertiary/aromatic N) is 1. The van der Waals surface area contributed by atoms with Gasteiger partial charge in [-0.1, -0.05) is 6.92 Å². The fourth-order valence-electron chi connectivity index (χ4n) is 2.00. The van der Waals surface area contributed by atoms with Crippen LogP contribution in [0.5, 0.6) is 0 Å². The van der Waals surface area contributed by atoms with Gasteiger partial charge < -0.3 is 15.5 Å². The van der Waals surface area contributed by atoms with E-state index in [0.717, 1.165) is 13.1 Å². The Morgan fingerprint density at radius 1 is 1.60 bits per heavy atom. The first kappa shape index (κ1) is 10.4. The molecule has 84 valence electrons. The Balaban J connectivity index is 1.86. The molecule has 0 spiro atoms. The molecule has 0 saturated carbocycles. The van der Waals surface area contributed by atoms with Crippen LogP contribution < -0.4 is 10.6 Å². The van der Waals surface area contributed by atoms with E-state index in [1.54, 1.807) is 0 Å². The van der Waals surface area contributed by atoms with E-state index in [2.05, 4.69) is 10.6 Å². The van der Waals surface area contributed by atoms with Crippen LogP contribution in [0.2, 0.25) is 0 Å². The molecule has 15 heavy (non-hydrogen) atoms. The molecule has 2 aliphatic heterocycles. The molecule has 0 radical (unpaired) electrons. The Labute approximate surface area is 89.2 Å². The zero-order chi connectivity index (χ0) is 10.8. The Kier molecular flexibility index (Phi) is 2.90. The predicted octanol–water partition coefficient (Wildman–Crippen LogP) is -0.915. The molecule has 1 atom stereocenters. The summed E-state index contributed by atoms with van der Waals surface area (Å²) >= 11 is 0. The zero-order valence-electron chi connectivity index (χ0n) is 8.95. The number of carbonyl (C=O) groups is 2. The van der Waals surface area contributed by atoms with Crippen LogP contribution in [-0.4, -0.2) is 48.4 Å². The van der Waals surface area contributed by atoms with Crippen LogP contribution >= 0.6 is 0 Å². The third-order valence-corrected chi connectivity index (χ3v) is 3.05. The van der Waals surface area contributed by atoms with Gasteiger partial charge in [0.2, 0.25) is 11.8 Å². The molecule has 2 heterocycles. The largest absolute Gasteiger partial charge is 0.351 e. The maximum atomic E-state index is 11.6. The van der Waals surface area contributed by atoms with Crippen LogP contribution in [-0.2, 0) is 9.59 Å². The van der Waals surface area contributed by atoms with Crippen molar-refractivity contribution in [2.45, 2.75) is 31.8 Å². The van der Waals surface area contributed by atoms with Gasteiger partial charge in [0.15, 0.2) is 0 Å². The molecule has 2 saturated heterocycles. The number of hydrogen-bond acceptors (Lipinski definition) is 3. The van der Waals surface area contributed by atoms with Gasteiger partial charge in [-0.15, -0.1) is 0 Å². The van der Waals surface area contributed by atoms with E-state index in [-0.39, 0.29) is 17.9 Å². The predicted molar refractivity (Wildman–Crippen MR) is 55.2 cm³/mol. The van der Waals surface area contributed by atoms with Gasteiger partial charge in [-0.05, 0) is 0 Å². The maximum Gasteiger partial charge on any atom is 0.225 e. The van der Waals surface area contributed by atoms with Crippen molar-refractivity contribution in [1.82, 2.24) is 15.5 Å². The van der Waals surface area contributed by atoms with Crippen LogP contribution in [0.15, 0.2) is 0 Å². The van der Waals surface area contributed by atoms with Crippen molar-refractivity contribution in [1.29, 1.82) is 0 Å². The summed E-state index contributed by atoms with van der Waals surface area (Å²) in [6.07, 6.45) is 0.942. The molecule has 1 unspecified atom stereocenters. The van der Waals surface area contributed by atoms with Crippen LogP contribution in [0.1, 0.15) is 19.8 Å². The Morgan fingerprint density at radius 3 is 2.87 bits per heavy atom. The second kappa shape index (κ2) is 4.18. The normalized spacial score (nSPS) is 26.6. The maximum absolute atomic E-state index is 11.6. The summed E-state index contributed by atoms with van der Waals surface area (Å²) in [4.78, 5) is 24.7. The van der Waals surface area contributed by atoms with Gasteiger partial charge in [-0.2, -0.15) is 0 Å². The van der Waals surface area contributed by atoms with E-state index in [0.29, 0.717) is 25.4 Å². The van der Waals surface area contributed by atoms with E-state index in [1.165, 1.54) is 0 Å². The average molecular weight is 211 g/mol. The molecule has 0 aliphatic carbocycles. The van der Waals surface area contributed by atoms with Gasteiger partial charge in [-0.25, -0.2) is 0 Å². The molecule has 2 aliphatic rings. The number of carbonyl (C=O) groups excluding carboxylic acids is 2. The quantitative estimate of drug-likeness (QED) is 0.635. The summed E-state index contributed by atoms with van der Waals surface area (Å²) in [5, 5.41) is 6.01. The molecule has 2 rings (SSSR count). The van der Waals surface area contributed by atoms with Crippen molar-refractivity contribution < 1.29 is 9.59 Å². The number of likely N-dealkylation sites (tertiary alicyclic amines) is 1. The third-order valence-electron chi connectivity index (χ3n) is 3.05. The van der Waals surface area contributed by atoms with Crippen LogP contribution in [0.4, 0.5) is 0 Å². The lowest BCUT2D eigenvalue weighted by Crippen LogP contribution is -2.58. The van der Waals surface area contributed by atoms with Gasteiger partial charge in [0.1, 0.15) is 0 Å². The first-order chi connectivity index (χ1) is 7.20. The lowest BCUT2D eigenvalue weighted by atomic mass is 10.1. The number of amides is 2. The summed E-state index contributed by atoms with van der Waals surface area (Å²) in [5.74, 6) is 0.198. The molecule has 2 amide bonds. The summed E-state index contributed by atoms with van der Waals surface area (Å²) in [6, 6.07) is 0.367. The molecule has 0 aromatic rings. The number of hydrogen-bond donors (Lipinski definition) is 2. The number of nitrogens with one attached hydrogen (secondary N) is 2. The van der Waals surface area contributed by atoms with Crippen molar-refractivity contribution in [3.05, 3.63) is 0 Å². The minimum Gasteiger partial charge on any atom is -0.351 e.